The summed E-state index contributed by atoms with van der Waals surface area (Å²) in [7, 11) is 0. The van der Waals surface area contributed by atoms with Gasteiger partial charge >= 0.3 is 0 Å². The van der Waals surface area contributed by atoms with Gasteiger partial charge in [0.2, 0.25) is 17.6 Å². The zero-order valence-electron chi connectivity index (χ0n) is 13.3. The quantitative estimate of drug-likeness (QED) is 0.627. The Balaban J connectivity index is 1.42. The number of hydrogen-bond donors (Lipinski definition) is 1. The van der Waals surface area contributed by atoms with Crippen LogP contribution in [0.25, 0.3) is 11.4 Å². The molecule has 0 saturated heterocycles. The van der Waals surface area contributed by atoms with Crippen molar-refractivity contribution < 1.29 is 9.32 Å². The van der Waals surface area contributed by atoms with E-state index in [1.165, 1.54) is 5.56 Å². The zero-order valence-corrected chi connectivity index (χ0v) is 15.7. The van der Waals surface area contributed by atoms with Crippen molar-refractivity contribution in [3.63, 3.8) is 0 Å². The van der Waals surface area contributed by atoms with Gasteiger partial charge in [0.25, 0.3) is 0 Å². The van der Waals surface area contributed by atoms with Crippen LogP contribution in [0, 0.1) is 0 Å². The third kappa shape index (κ3) is 5.44. The molecule has 3 rings (SSSR count). The van der Waals surface area contributed by atoms with E-state index >= 15 is 0 Å². The number of nitrogens with one attached hydrogen (secondary N) is 1. The monoisotopic (exact) mass is 417 g/mol. The highest BCUT2D eigenvalue weighted by atomic mass is 79.9. The Kier molecular flexibility index (Phi) is 6.25. The van der Waals surface area contributed by atoms with Gasteiger partial charge in [-0.2, -0.15) is 4.98 Å². The smallest absolute Gasteiger partial charge is 0.246 e. The maximum atomic E-state index is 11.9. The van der Waals surface area contributed by atoms with E-state index in [2.05, 4.69) is 31.4 Å². The average molecular weight is 418 g/mol. The fourth-order valence-electron chi connectivity index (χ4n) is 2.10. The van der Waals surface area contributed by atoms with E-state index in [-0.39, 0.29) is 12.5 Å². The zero-order chi connectivity index (χ0) is 17.5. The SMILES string of the molecule is O=C(CSCc1ccc(Br)cc1)NCc1nc(-c2ccccc2)no1. The fraction of sp³-hybridized carbons (Fsp3) is 0.167. The summed E-state index contributed by atoms with van der Waals surface area (Å²) in [6.07, 6.45) is 0. The highest BCUT2D eigenvalue weighted by molar-refractivity contribution is 9.10. The Bertz CT molecular complexity index is 822. The molecular formula is C18H16BrN3O2S. The van der Waals surface area contributed by atoms with Crippen LogP contribution in [0.5, 0.6) is 0 Å². The number of hydrogen-bond acceptors (Lipinski definition) is 5. The van der Waals surface area contributed by atoms with Crippen LogP contribution < -0.4 is 5.32 Å². The number of nitrogens with zero attached hydrogens (tertiary/aromatic N) is 2. The number of thioether (sulfide) groups is 1. The molecule has 5 nitrogen and oxygen atoms in total. The first-order chi connectivity index (χ1) is 12.2. The van der Waals surface area contributed by atoms with E-state index in [4.69, 9.17) is 4.52 Å². The van der Waals surface area contributed by atoms with Crippen LogP contribution in [-0.2, 0) is 17.1 Å². The number of carbonyl (C=O) groups is 1. The second-order valence-corrected chi connectivity index (χ2v) is 7.18. The standard InChI is InChI=1S/C18H16BrN3O2S/c19-15-8-6-13(7-9-15)11-25-12-16(23)20-10-17-21-18(22-24-17)14-4-2-1-3-5-14/h1-9H,10-12H2,(H,20,23). The molecule has 128 valence electrons. The van der Waals surface area contributed by atoms with Crippen molar-refractivity contribution in [3.05, 3.63) is 70.5 Å². The Morgan fingerprint density at radius 3 is 2.64 bits per heavy atom. The summed E-state index contributed by atoms with van der Waals surface area (Å²) in [5.74, 6) is 2.04. The predicted molar refractivity (Wildman–Crippen MR) is 102 cm³/mol. The van der Waals surface area contributed by atoms with E-state index in [0.717, 1.165) is 15.8 Å². The molecule has 0 aliphatic carbocycles. The third-order valence-electron chi connectivity index (χ3n) is 3.35. The minimum atomic E-state index is -0.0541. The highest BCUT2D eigenvalue weighted by Crippen LogP contribution is 2.16. The van der Waals surface area contributed by atoms with Gasteiger partial charge in [-0.25, -0.2) is 0 Å². The normalized spacial score (nSPS) is 10.6. The Morgan fingerprint density at radius 1 is 1.12 bits per heavy atom. The summed E-state index contributed by atoms with van der Waals surface area (Å²) < 4.78 is 6.22. The minimum Gasteiger partial charge on any atom is -0.346 e. The summed E-state index contributed by atoms with van der Waals surface area (Å²) in [6.45, 7) is 0.234. The van der Waals surface area contributed by atoms with E-state index in [0.29, 0.717) is 17.5 Å². The molecule has 3 aromatic rings. The summed E-state index contributed by atoms with van der Waals surface area (Å²) >= 11 is 4.97. The molecule has 0 unspecified atom stereocenters. The first-order valence-electron chi connectivity index (χ1n) is 7.67. The molecule has 1 heterocycles. The van der Waals surface area contributed by atoms with Crippen LogP contribution in [0.1, 0.15) is 11.5 Å². The van der Waals surface area contributed by atoms with Crippen LogP contribution in [-0.4, -0.2) is 21.8 Å². The van der Waals surface area contributed by atoms with Crippen molar-refractivity contribution in [2.24, 2.45) is 0 Å². The molecule has 1 aromatic heterocycles. The van der Waals surface area contributed by atoms with Crippen molar-refractivity contribution in [2.45, 2.75) is 12.3 Å². The second kappa shape index (κ2) is 8.82. The van der Waals surface area contributed by atoms with Gasteiger partial charge in [-0.15, -0.1) is 11.8 Å². The van der Waals surface area contributed by atoms with Gasteiger partial charge in [0.05, 0.1) is 12.3 Å². The summed E-state index contributed by atoms with van der Waals surface area (Å²) in [5, 5.41) is 6.72. The molecule has 1 amide bonds. The lowest BCUT2D eigenvalue weighted by atomic mass is 10.2. The van der Waals surface area contributed by atoms with Crippen molar-refractivity contribution >= 4 is 33.6 Å². The van der Waals surface area contributed by atoms with Gasteiger partial charge in [0.15, 0.2) is 0 Å². The highest BCUT2D eigenvalue weighted by Gasteiger charge is 2.09. The van der Waals surface area contributed by atoms with Crippen LogP contribution in [0.15, 0.2) is 63.6 Å². The van der Waals surface area contributed by atoms with Gasteiger partial charge in [-0.05, 0) is 17.7 Å². The van der Waals surface area contributed by atoms with Gasteiger partial charge in [-0.1, -0.05) is 63.6 Å². The number of aromatic nitrogens is 2. The molecule has 2 aromatic carbocycles. The number of amides is 1. The molecule has 0 saturated carbocycles. The van der Waals surface area contributed by atoms with Gasteiger partial charge < -0.3 is 9.84 Å². The lowest BCUT2D eigenvalue weighted by Crippen LogP contribution is -2.24. The van der Waals surface area contributed by atoms with E-state index < -0.39 is 0 Å². The van der Waals surface area contributed by atoms with Crippen molar-refractivity contribution in [2.75, 3.05) is 5.75 Å². The molecule has 0 bridgehead atoms. The number of rotatable bonds is 7. The second-order valence-electron chi connectivity index (χ2n) is 5.27. The maximum absolute atomic E-state index is 11.9. The van der Waals surface area contributed by atoms with Gasteiger partial charge in [0, 0.05) is 15.8 Å². The van der Waals surface area contributed by atoms with E-state index in [1.807, 2.05) is 54.6 Å². The van der Waals surface area contributed by atoms with Crippen LogP contribution in [0.2, 0.25) is 0 Å². The molecule has 1 N–H and O–H groups in total. The van der Waals surface area contributed by atoms with Crippen molar-refractivity contribution in [1.29, 1.82) is 0 Å². The number of carbonyl (C=O) groups excluding carboxylic acids is 1. The molecular weight excluding hydrogens is 402 g/mol. The number of benzene rings is 2. The Morgan fingerprint density at radius 2 is 1.88 bits per heavy atom. The first kappa shape index (κ1) is 17.7. The van der Waals surface area contributed by atoms with Crippen LogP contribution in [0.3, 0.4) is 0 Å². The van der Waals surface area contributed by atoms with E-state index in [1.54, 1.807) is 11.8 Å². The lowest BCUT2D eigenvalue weighted by Gasteiger charge is -2.03. The van der Waals surface area contributed by atoms with Crippen molar-refractivity contribution in [3.8, 4) is 11.4 Å². The average Bonchev–Trinajstić information content (AvgIpc) is 3.11. The third-order valence-corrected chi connectivity index (χ3v) is 4.88. The predicted octanol–water partition coefficient (Wildman–Crippen LogP) is 4.05. The fourth-order valence-corrected chi connectivity index (χ4v) is 3.18. The minimum absolute atomic E-state index is 0.0541. The van der Waals surface area contributed by atoms with Crippen LogP contribution in [0.4, 0.5) is 0 Å². The van der Waals surface area contributed by atoms with Gasteiger partial charge in [-0.3, -0.25) is 4.79 Å². The Labute approximate surface area is 158 Å². The Hall–Kier alpha value is -2.12. The molecule has 0 atom stereocenters. The first-order valence-corrected chi connectivity index (χ1v) is 9.62. The number of halogens is 1. The summed E-state index contributed by atoms with van der Waals surface area (Å²) in [6, 6.07) is 17.6. The summed E-state index contributed by atoms with van der Waals surface area (Å²) in [5.41, 5.74) is 2.07. The maximum Gasteiger partial charge on any atom is 0.246 e. The molecule has 0 radical (unpaired) electrons. The molecule has 25 heavy (non-hydrogen) atoms. The topological polar surface area (TPSA) is 68.0 Å². The molecule has 0 aliphatic heterocycles. The molecule has 0 spiro atoms. The van der Waals surface area contributed by atoms with E-state index in [9.17, 15) is 4.79 Å². The molecule has 0 aliphatic rings. The molecule has 0 fully saturated rings. The van der Waals surface area contributed by atoms with Crippen LogP contribution >= 0.6 is 27.7 Å². The summed E-state index contributed by atoms with van der Waals surface area (Å²) in [4.78, 5) is 16.2. The van der Waals surface area contributed by atoms with Crippen molar-refractivity contribution in [1.82, 2.24) is 15.5 Å². The largest absolute Gasteiger partial charge is 0.346 e. The van der Waals surface area contributed by atoms with Gasteiger partial charge in [0.1, 0.15) is 0 Å². The molecule has 7 heteroatoms. The lowest BCUT2D eigenvalue weighted by molar-refractivity contribution is -0.118.